The maximum Gasteiger partial charge on any atom is 0.332 e. The van der Waals surface area contributed by atoms with E-state index in [9.17, 15) is 4.79 Å². The van der Waals surface area contributed by atoms with Gasteiger partial charge in [-0.05, 0) is 24.0 Å². The number of benzene rings is 1. The Labute approximate surface area is 101 Å². The van der Waals surface area contributed by atoms with Gasteiger partial charge >= 0.3 is 5.97 Å². The number of fused-ring (bicyclic) bond motifs is 3. The van der Waals surface area contributed by atoms with Gasteiger partial charge in [0.2, 0.25) is 0 Å². The van der Waals surface area contributed by atoms with Crippen LogP contribution in [0.5, 0.6) is 0 Å². The Kier molecular flexibility index (Phi) is 2.44. The van der Waals surface area contributed by atoms with Crippen molar-refractivity contribution in [1.29, 1.82) is 0 Å². The number of unbranched alkanes of at least 4 members (excludes halogenated alkanes) is 1. The molecule has 1 saturated heterocycles. The van der Waals surface area contributed by atoms with Crippen LogP contribution < -0.4 is 5.32 Å². The summed E-state index contributed by atoms with van der Waals surface area (Å²) in [6, 6.07) is 8.41. The number of carbonyl (C=O) groups excluding carboxylic acids is 1. The van der Waals surface area contributed by atoms with E-state index in [1.807, 2.05) is 18.2 Å². The van der Waals surface area contributed by atoms with Crippen LogP contribution in [0.2, 0.25) is 0 Å². The summed E-state index contributed by atoms with van der Waals surface area (Å²) in [5.74, 6) is -0.0964. The van der Waals surface area contributed by atoms with Gasteiger partial charge in [0, 0.05) is 6.04 Å². The van der Waals surface area contributed by atoms with Crippen molar-refractivity contribution < 1.29 is 9.53 Å². The normalized spacial score (nSPS) is 28.4. The molecule has 0 radical (unpaired) electrons. The molecule has 0 bridgehead atoms. The molecule has 0 aromatic heterocycles. The van der Waals surface area contributed by atoms with Gasteiger partial charge in [-0.2, -0.15) is 0 Å². The largest absolute Gasteiger partial charge is 0.464 e. The molecular weight excluding hydrogens is 214 g/mol. The lowest BCUT2D eigenvalue weighted by molar-refractivity contribution is -0.147. The first-order chi connectivity index (χ1) is 8.29. The van der Waals surface area contributed by atoms with Gasteiger partial charge in [-0.1, -0.05) is 37.6 Å². The van der Waals surface area contributed by atoms with Crippen LogP contribution in [0.15, 0.2) is 24.3 Å². The lowest BCUT2D eigenvalue weighted by Crippen LogP contribution is -2.28. The Morgan fingerprint density at radius 2 is 2.35 bits per heavy atom. The highest BCUT2D eigenvalue weighted by atomic mass is 16.5. The first-order valence-corrected chi connectivity index (χ1v) is 6.32. The fourth-order valence-corrected chi connectivity index (χ4v) is 2.74. The summed E-state index contributed by atoms with van der Waals surface area (Å²) in [5.41, 5.74) is 1.89. The summed E-state index contributed by atoms with van der Waals surface area (Å²) < 4.78 is 5.37. The molecule has 1 heterocycles. The molecule has 1 fully saturated rings. The highest BCUT2D eigenvalue weighted by Gasteiger charge is 2.66. The van der Waals surface area contributed by atoms with Gasteiger partial charge in [-0.15, -0.1) is 0 Å². The van der Waals surface area contributed by atoms with Crippen LogP contribution in [0.4, 0.5) is 0 Å². The van der Waals surface area contributed by atoms with Crippen molar-refractivity contribution in [2.75, 3.05) is 6.61 Å². The number of ether oxygens (including phenoxy) is 1. The van der Waals surface area contributed by atoms with E-state index in [0.717, 1.165) is 24.8 Å². The zero-order valence-electron chi connectivity index (χ0n) is 10.0. The van der Waals surface area contributed by atoms with E-state index >= 15 is 0 Å². The number of carbonyl (C=O) groups is 1. The zero-order valence-corrected chi connectivity index (χ0v) is 10.0. The standard InChI is InChI=1S/C14H17NO2/c1-2-3-8-17-13(16)14-11-7-5-4-6-10(11)9-12(14)15-14/h4-7,12,15H,2-3,8-9H2,1H3. The molecule has 2 atom stereocenters. The van der Waals surface area contributed by atoms with Crippen molar-refractivity contribution in [1.82, 2.24) is 5.32 Å². The molecule has 1 aliphatic carbocycles. The highest BCUT2D eigenvalue weighted by molar-refractivity contribution is 5.90. The number of nitrogens with one attached hydrogen (secondary N) is 1. The first-order valence-electron chi connectivity index (χ1n) is 6.32. The van der Waals surface area contributed by atoms with Crippen LogP contribution in [-0.4, -0.2) is 18.6 Å². The minimum absolute atomic E-state index is 0.0964. The van der Waals surface area contributed by atoms with Gasteiger partial charge in [-0.3, -0.25) is 5.32 Å². The summed E-state index contributed by atoms with van der Waals surface area (Å²) in [7, 11) is 0. The molecular formula is C14H17NO2. The second-order valence-electron chi connectivity index (χ2n) is 4.86. The molecule has 90 valence electrons. The van der Waals surface area contributed by atoms with Crippen molar-refractivity contribution in [2.45, 2.75) is 37.8 Å². The number of hydrogen-bond acceptors (Lipinski definition) is 3. The smallest absolute Gasteiger partial charge is 0.332 e. The average Bonchev–Trinajstić information content (AvgIpc) is 2.98. The minimum atomic E-state index is -0.510. The molecule has 1 aromatic carbocycles. The van der Waals surface area contributed by atoms with Crippen LogP contribution in [0.25, 0.3) is 0 Å². The van der Waals surface area contributed by atoms with Gasteiger partial charge < -0.3 is 4.74 Å². The molecule has 0 spiro atoms. The molecule has 1 N–H and O–H groups in total. The van der Waals surface area contributed by atoms with Gasteiger partial charge in [-0.25, -0.2) is 4.79 Å². The van der Waals surface area contributed by atoms with E-state index in [1.54, 1.807) is 0 Å². The third-order valence-electron chi connectivity index (χ3n) is 3.76. The third kappa shape index (κ3) is 1.49. The molecule has 1 aliphatic heterocycles. The van der Waals surface area contributed by atoms with E-state index in [2.05, 4.69) is 18.3 Å². The molecule has 3 rings (SSSR count). The Hall–Kier alpha value is -1.35. The summed E-state index contributed by atoms with van der Waals surface area (Å²) in [5, 5.41) is 3.29. The van der Waals surface area contributed by atoms with Crippen LogP contribution in [0, 0.1) is 0 Å². The summed E-state index contributed by atoms with van der Waals surface area (Å²) in [6.45, 7) is 2.63. The van der Waals surface area contributed by atoms with Gasteiger partial charge in [0.15, 0.2) is 5.54 Å². The molecule has 2 unspecified atom stereocenters. The summed E-state index contributed by atoms with van der Waals surface area (Å²) in [4.78, 5) is 12.2. The van der Waals surface area contributed by atoms with Crippen molar-refractivity contribution >= 4 is 5.97 Å². The van der Waals surface area contributed by atoms with E-state index in [4.69, 9.17) is 4.74 Å². The van der Waals surface area contributed by atoms with Crippen molar-refractivity contribution in [3.05, 3.63) is 35.4 Å². The fourth-order valence-electron chi connectivity index (χ4n) is 2.74. The SMILES string of the molecule is CCCCOC(=O)C12NC1Cc1ccccc12. The highest BCUT2D eigenvalue weighted by Crippen LogP contribution is 2.48. The molecule has 0 saturated carbocycles. The predicted molar refractivity (Wildman–Crippen MR) is 64.6 cm³/mol. The van der Waals surface area contributed by atoms with Crippen LogP contribution in [0.3, 0.4) is 0 Å². The van der Waals surface area contributed by atoms with Crippen LogP contribution >= 0.6 is 0 Å². The molecule has 0 amide bonds. The van der Waals surface area contributed by atoms with Gasteiger partial charge in [0.1, 0.15) is 0 Å². The second-order valence-corrected chi connectivity index (χ2v) is 4.86. The zero-order chi connectivity index (χ0) is 11.9. The van der Waals surface area contributed by atoms with E-state index in [1.165, 1.54) is 5.56 Å². The van der Waals surface area contributed by atoms with E-state index < -0.39 is 5.54 Å². The molecule has 3 heteroatoms. The number of hydrogen-bond donors (Lipinski definition) is 1. The second kappa shape index (κ2) is 3.84. The van der Waals surface area contributed by atoms with E-state index in [-0.39, 0.29) is 12.0 Å². The first kappa shape index (κ1) is 10.8. The average molecular weight is 231 g/mol. The Morgan fingerprint density at radius 3 is 3.18 bits per heavy atom. The Bertz CT molecular complexity index is 457. The predicted octanol–water partition coefficient (Wildman–Crippen LogP) is 1.75. The maximum atomic E-state index is 12.2. The lowest BCUT2D eigenvalue weighted by Gasteiger charge is -2.13. The molecule has 2 aliphatic rings. The fraction of sp³-hybridized carbons (Fsp3) is 0.500. The maximum absolute atomic E-state index is 12.2. The molecule has 17 heavy (non-hydrogen) atoms. The number of esters is 1. The number of rotatable bonds is 4. The topological polar surface area (TPSA) is 48.2 Å². The quantitative estimate of drug-likeness (QED) is 0.488. The third-order valence-corrected chi connectivity index (χ3v) is 3.76. The van der Waals surface area contributed by atoms with Crippen molar-refractivity contribution in [3.63, 3.8) is 0 Å². The molecule has 1 aromatic rings. The van der Waals surface area contributed by atoms with Crippen LogP contribution in [-0.2, 0) is 21.5 Å². The summed E-state index contributed by atoms with van der Waals surface area (Å²) in [6.07, 6.45) is 2.93. The molecule has 3 nitrogen and oxygen atoms in total. The lowest BCUT2D eigenvalue weighted by atomic mass is 9.99. The van der Waals surface area contributed by atoms with E-state index in [0.29, 0.717) is 6.61 Å². The van der Waals surface area contributed by atoms with Crippen molar-refractivity contribution in [2.24, 2.45) is 0 Å². The minimum Gasteiger partial charge on any atom is -0.464 e. The van der Waals surface area contributed by atoms with Gasteiger partial charge in [0.25, 0.3) is 0 Å². The monoisotopic (exact) mass is 231 g/mol. The van der Waals surface area contributed by atoms with Crippen LogP contribution in [0.1, 0.15) is 30.9 Å². The van der Waals surface area contributed by atoms with Crippen molar-refractivity contribution in [3.8, 4) is 0 Å². The Morgan fingerprint density at radius 1 is 1.53 bits per heavy atom. The van der Waals surface area contributed by atoms with Gasteiger partial charge in [0.05, 0.1) is 6.61 Å². The summed E-state index contributed by atoms with van der Waals surface area (Å²) >= 11 is 0. The Balaban J connectivity index is 1.78.